The molecular formula is C18H19FNOY-. The van der Waals surface area contributed by atoms with E-state index < -0.39 is 0 Å². The number of hydrogen-bond donors (Lipinski definition) is 0. The molecule has 22 heavy (non-hydrogen) atoms. The Morgan fingerprint density at radius 3 is 2.77 bits per heavy atom. The van der Waals surface area contributed by atoms with Crippen LogP contribution in [0, 0.1) is 17.8 Å². The summed E-state index contributed by atoms with van der Waals surface area (Å²) >= 11 is 0. The minimum atomic E-state index is -0.293. The summed E-state index contributed by atoms with van der Waals surface area (Å²) in [5.74, 6) is 0.954. The molecule has 1 aromatic rings. The van der Waals surface area contributed by atoms with E-state index in [0.29, 0.717) is 29.5 Å². The molecule has 1 aromatic carbocycles. The van der Waals surface area contributed by atoms with Crippen LogP contribution >= 0.6 is 0 Å². The number of halogens is 1. The van der Waals surface area contributed by atoms with Crippen LogP contribution in [0.15, 0.2) is 42.1 Å². The summed E-state index contributed by atoms with van der Waals surface area (Å²) < 4.78 is 20.0. The van der Waals surface area contributed by atoms with E-state index in [1.54, 1.807) is 6.07 Å². The van der Waals surface area contributed by atoms with Crippen molar-refractivity contribution in [3.8, 4) is 5.75 Å². The zero-order valence-corrected chi connectivity index (χ0v) is 15.9. The Balaban J connectivity index is 0.00000176. The number of benzene rings is 1. The van der Waals surface area contributed by atoms with Crippen molar-refractivity contribution in [1.82, 2.24) is 4.90 Å². The van der Waals surface area contributed by atoms with Gasteiger partial charge in [-0.3, -0.25) is 0 Å². The van der Waals surface area contributed by atoms with Crippen molar-refractivity contribution in [3.05, 3.63) is 59.6 Å². The first-order valence-electron chi connectivity index (χ1n) is 7.22. The number of nitrogens with zero attached hydrogens (tertiary/aromatic N) is 1. The van der Waals surface area contributed by atoms with Crippen molar-refractivity contribution < 1.29 is 41.8 Å². The smallest absolute Gasteiger partial charge is 0.120 e. The first-order valence-corrected chi connectivity index (χ1v) is 7.22. The van der Waals surface area contributed by atoms with E-state index in [1.165, 1.54) is 18.9 Å². The molecule has 1 saturated carbocycles. The maximum Gasteiger partial charge on any atom is 0.120 e. The van der Waals surface area contributed by atoms with Gasteiger partial charge in [0, 0.05) is 45.8 Å². The summed E-state index contributed by atoms with van der Waals surface area (Å²) in [5, 5.41) is 0. The summed E-state index contributed by atoms with van der Waals surface area (Å²) in [7, 11) is 1.87. The van der Waals surface area contributed by atoms with Gasteiger partial charge in [-0.2, -0.15) is 12.2 Å². The average Bonchev–Trinajstić information content (AvgIpc) is 3.28. The second-order valence-corrected chi connectivity index (χ2v) is 5.72. The molecule has 0 bridgehead atoms. The SMILES string of the molecule is C=C1C(C)=C[C-]=C(c2ccc(OCC3CC3)cc2F)N1C.[Y]. The molecule has 0 amide bonds. The second kappa shape index (κ2) is 7.10. The van der Waals surface area contributed by atoms with Gasteiger partial charge in [0.05, 0.1) is 12.4 Å². The normalized spacial score (nSPS) is 17.6. The summed E-state index contributed by atoms with van der Waals surface area (Å²) in [6.45, 7) is 6.66. The van der Waals surface area contributed by atoms with Crippen LogP contribution in [0.2, 0.25) is 0 Å². The van der Waals surface area contributed by atoms with Gasteiger partial charge >= 0.3 is 0 Å². The standard InChI is InChI=1S/C18H19FNO.Y/c1-12-4-9-18(20(3)13(12)2)16-8-7-15(10-17(16)19)21-11-14-5-6-14;/h4,7-8,10,14H,2,5-6,11H2,1,3H3;/q-1;. The van der Waals surface area contributed by atoms with Crippen LogP contribution in [0.25, 0.3) is 5.70 Å². The maximum atomic E-state index is 14.4. The quantitative estimate of drug-likeness (QED) is 0.735. The summed E-state index contributed by atoms with van der Waals surface area (Å²) in [4.78, 5) is 1.86. The predicted molar refractivity (Wildman–Crippen MR) is 81.9 cm³/mol. The van der Waals surface area contributed by atoms with Crippen LogP contribution in [0.5, 0.6) is 5.75 Å². The molecule has 1 heterocycles. The first kappa shape index (κ1) is 17.4. The summed E-state index contributed by atoms with van der Waals surface area (Å²) in [6, 6.07) is 5.02. The van der Waals surface area contributed by atoms with E-state index in [1.807, 2.05) is 31.0 Å². The molecule has 2 nitrogen and oxygen atoms in total. The van der Waals surface area contributed by atoms with Crippen LogP contribution in [-0.2, 0) is 32.7 Å². The van der Waals surface area contributed by atoms with Crippen LogP contribution in [0.3, 0.4) is 0 Å². The third kappa shape index (κ3) is 3.69. The average molecular weight is 373 g/mol. The van der Waals surface area contributed by atoms with E-state index in [4.69, 9.17) is 4.74 Å². The van der Waals surface area contributed by atoms with Gasteiger partial charge in [0.2, 0.25) is 0 Å². The Kier molecular flexibility index (Phi) is 5.62. The van der Waals surface area contributed by atoms with Crippen LogP contribution in [-0.4, -0.2) is 18.6 Å². The third-order valence-electron chi connectivity index (χ3n) is 4.00. The monoisotopic (exact) mass is 373 g/mol. The van der Waals surface area contributed by atoms with Crippen molar-refractivity contribution in [2.45, 2.75) is 19.8 Å². The molecule has 0 atom stereocenters. The predicted octanol–water partition coefficient (Wildman–Crippen LogP) is 4.16. The maximum absolute atomic E-state index is 14.4. The van der Waals surface area contributed by atoms with Gasteiger partial charge < -0.3 is 9.64 Å². The number of allylic oxidation sites excluding steroid dienone is 3. The van der Waals surface area contributed by atoms with Crippen molar-refractivity contribution in [2.24, 2.45) is 5.92 Å². The fraction of sp³-hybridized carbons (Fsp3) is 0.333. The second-order valence-electron chi connectivity index (χ2n) is 5.72. The molecule has 1 aliphatic heterocycles. The number of ether oxygens (including phenoxy) is 1. The molecule has 2 aliphatic rings. The Labute approximate surface area is 156 Å². The Hall–Kier alpha value is -0.926. The Bertz CT molecular complexity index is 646. The van der Waals surface area contributed by atoms with E-state index >= 15 is 0 Å². The fourth-order valence-corrected chi connectivity index (χ4v) is 2.29. The molecule has 3 rings (SSSR count). The number of rotatable bonds is 4. The summed E-state index contributed by atoms with van der Waals surface area (Å²) in [5.41, 5.74) is 3.10. The molecule has 113 valence electrons. The molecule has 0 saturated heterocycles. The topological polar surface area (TPSA) is 12.5 Å². The van der Waals surface area contributed by atoms with Crippen molar-refractivity contribution >= 4 is 5.70 Å². The molecule has 0 N–H and O–H groups in total. The van der Waals surface area contributed by atoms with Gasteiger partial charge in [-0.05, 0) is 30.5 Å². The number of hydrogen-bond acceptors (Lipinski definition) is 2. The number of likely N-dealkylation sites (N-methyl/N-ethyl adjacent to an activating group) is 1. The van der Waals surface area contributed by atoms with Gasteiger partial charge in [0.1, 0.15) is 5.75 Å². The minimum absolute atomic E-state index is 0. The fourth-order valence-electron chi connectivity index (χ4n) is 2.29. The summed E-state index contributed by atoms with van der Waals surface area (Å²) in [6.07, 6.45) is 7.41. The van der Waals surface area contributed by atoms with Crippen molar-refractivity contribution in [1.29, 1.82) is 0 Å². The van der Waals surface area contributed by atoms with E-state index in [0.717, 1.165) is 11.3 Å². The molecule has 1 aliphatic carbocycles. The largest absolute Gasteiger partial charge is 0.493 e. The molecule has 0 aromatic heterocycles. The molecule has 4 heteroatoms. The van der Waals surface area contributed by atoms with E-state index in [9.17, 15) is 4.39 Å². The van der Waals surface area contributed by atoms with Gasteiger partial charge in [0.15, 0.2) is 0 Å². The zero-order valence-electron chi connectivity index (χ0n) is 13.0. The van der Waals surface area contributed by atoms with Crippen LogP contribution < -0.4 is 4.74 Å². The first-order chi connectivity index (χ1) is 10.1. The van der Waals surface area contributed by atoms with Crippen LogP contribution in [0.4, 0.5) is 4.39 Å². The molecule has 1 fully saturated rings. The van der Waals surface area contributed by atoms with E-state index in [-0.39, 0.29) is 38.5 Å². The molecule has 0 spiro atoms. The van der Waals surface area contributed by atoms with Crippen molar-refractivity contribution in [2.75, 3.05) is 13.7 Å². The molecule has 1 radical (unpaired) electrons. The Morgan fingerprint density at radius 1 is 1.41 bits per heavy atom. The van der Waals surface area contributed by atoms with Gasteiger partial charge in [-0.15, -0.1) is 11.6 Å². The molecule has 0 unspecified atom stereocenters. The molecular weight excluding hydrogens is 354 g/mol. The zero-order chi connectivity index (χ0) is 15.0. The Morgan fingerprint density at radius 2 is 2.14 bits per heavy atom. The van der Waals surface area contributed by atoms with Crippen molar-refractivity contribution in [3.63, 3.8) is 0 Å². The van der Waals surface area contributed by atoms with Crippen LogP contribution in [0.1, 0.15) is 25.3 Å². The van der Waals surface area contributed by atoms with Gasteiger partial charge in [-0.25, -0.2) is 4.39 Å². The van der Waals surface area contributed by atoms with Gasteiger partial charge in [-0.1, -0.05) is 24.8 Å². The third-order valence-corrected chi connectivity index (χ3v) is 4.00. The van der Waals surface area contributed by atoms with Gasteiger partial charge in [0.25, 0.3) is 0 Å². The van der Waals surface area contributed by atoms with E-state index in [2.05, 4.69) is 12.7 Å². The minimum Gasteiger partial charge on any atom is -0.493 e.